The molecule has 0 bridgehead atoms. The van der Waals surface area contributed by atoms with E-state index in [0.29, 0.717) is 13.0 Å². The summed E-state index contributed by atoms with van der Waals surface area (Å²) in [6.07, 6.45) is 0.689. The molecule has 0 radical (unpaired) electrons. The van der Waals surface area contributed by atoms with Crippen LogP contribution in [0.5, 0.6) is 0 Å². The number of thiazole rings is 1. The molecule has 0 aliphatic carbocycles. The largest absolute Gasteiger partial charge is 0.480 e. The van der Waals surface area contributed by atoms with Gasteiger partial charge in [0.25, 0.3) is 0 Å². The van der Waals surface area contributed by atoms with Crippen LogP contribution in [0.4, 0.5) is 4.79 Å². The highest BCUT2D eigenvalue weighted by molar-refractivity contribution is 7.09. The van der Waals surface area contributed by atoms with Crippen LogP contribution in [-0.4, -0.2) is 40.1 Å². The molecule has 0 saturated heterocycles. The number of aliphatic carboxylic acids is 1. The van der Waals surface area contributed by atoms with Crippen molar-refractivity contribution in [2.24, 2.45) is 5.92 Å². The van der Waals surface area contributed by atoms with Gasteiger partial charge in [0.2, 0.25) is 0 Å². The molecule has 2 amide bonds. The predicted molar refractivity (Wildman–Crippen MR) is 77.7 cm³/mol. The molecule has 7 heteroatoms. The number of nitrogens with zero attached hydrogens (tertiary/aromatic N) is 2. The molecule has 2 atom stereocenters. The Bertz CT molecular complexity index is 475. The third-order valence-electron chi connectivity index (χ3n) is 3.33. The summed E-state index contributed by atoms with van der Waals surface area (Å²) < 4.78 is 0. The Morgan fingerprint density at radius 1 is 1.55 bits per heavy atom. The van der Waals surface area contributed by atoms with E-state index in [4.69, 9.17) is 5.11 Å². The van der Waals surface area contributed by atoms with Crippen LogP contribution in [0.15, 0.2) is 5.51 Å². The smallest absolute Gasteiger partial charge is 0.326 e. The summed E-state index contributed by atoms with van der Waals surface area (Å²) in [5.41, 5.74) is 2.63. The van der Waals surface area contributed by atoms with Gasteiger partial charge in [0.15, 0.2) is 0 Å². The quantitative estimate of drug-likeness (QED) is 0.842. The fourth-order valence-corrected chi connectivity index (χ4v) is 2.52. The van der Waals surface area contributed by atoms with Gasteiger partial charge in [-0.25, -0.2) is 14.6 Å². The number of aromatic nitrogens is 1. The zero-order chi connectivity index (χ0) is 15.3. The lowest BCUT2D eigenvalue weighted by molar-refractivity contribution is -0.140. The average molecular weight is 299 g/mol. The second kappa shape index (κ2) is 7.23. The minimum absolute atomic E-state index is 0.116. The van der Waals surface area contributed by atoms with Crippen LogP contribution in [0.2, 0.25) is 0 Å². The van der Waals surface area contributed by atoms with Gasteiger partial charge in [-0.3, -0.25) is 0 Å². The molecular formula is C13H21N3O3S. The number of hydrogen-bond acceptors (Lipinski definition) is 4. The topological polar surface area (TPSA) is 82.5 Å². The maximum atomic E-state index is 12.1. The summed E-state index contributed by atoms with van der Waals surface area (Å²) in [6.45, 7) is 6.02. The van der Waals surface area contributed by atoms with Crippen LogP contribution < -0.4 is 5.32 Å². The molecule has 0 spiro atoms. The van der Waals surface area contributed by atoms with Gasteiger partial charge >= 0.3 is 12.0 Å². The van der Waals surface area contributed by atoms with E-state index < -0.39 is 12.0 Å². The number of carboxylic acid groups (broad SMARTS) is 1. The molecule has 1 heterocycles. The van der Waals surface area contributed by atoms with Crippen LogP contribution in [0.25, 0.3) is 0 Å². The Balaban J connectivity index is 2.64. The van der Waals surface area contributed by atoms with E-state index in [1.807, 2.05) is 20.8 Å². The third kappa shape index (κ3) is 4.19. The van der Waals surface area contributed by atoms with E-state index in [1.54, 1.807) is 12.6 Å². The van der Waals surface area contributed by atoms with Crippen LogP contribution in [0.3, 0.4) is 0 Å². The van der Waals surface area contributed by atoms with Crippen molar-refractivity contribution < 1.29 is 14.7 Å². The lowest BCUT2D eigenvalue weighted by Gasteiger charge is -2.24. The van der Waals surface area contributed by atoms with E-state index in [1.165, 1.54) is 16.2 Å². The number of carbonyl (C=O) groups excluding carboxylic acids is 1. The highest BCUT2D eigenvalue weighted by Crippen LogP contribution is 2.14. The van der Waals surface area contributed by atoms with Gasteiger partial charge in [0.1, 0.15) is 6.04 Å². The van der Waals surface area contributed by atoms with Crippen molar-refractivity contribution in [2.75, 3.05) is 7.05 Å². The van der Waals surface area contributed by atoms with Gasteiger partial charge in [-0.05, 0) is 12.8 Å². The fourth-order valence-electron chi connectivity index (χ4n) is 1.69. The lowest BCUT2D eigenvalue weighted by Crippen LogP contribution is -2.49. The monoisotopic (exact) mass is 299 g/mol. The molecule has 2 unspecified atom stereocenters. The molecule has 0 aliphatic heterocycles. The molecule has 0 aromatic carbocycles. The van der Waals surface area contributed by atoms with E-state index in [9.17, 15) is 9.59 Å². The van der Waals surface area contributed by atoms with Crippen molar-refractivity contribution in [3.63, 3.8) is 0 Å². The van der Waals surface area contributed by atoms with Gasteiger partial charge in [0, 0.05) is 11.9 Å². The zero-order valence-corrected chi connectivity index (χ0v) is 13.0. The first-order valence-electron chi connectivity index (χ1n) is 6.50. The average Bonchev–Trinajstić information content (AvgIpc) is 2.79. The lowest BCUT2D eigenvalue weighted by atomic mass is 9.99. The Labute approximate surface area is 122 Å². The third-order valence-corrected chi connectivity index (χ3v) is 4.25. The van der Waals surface area contributed by atoms with Gasteiger partial charge in [-0.15, -0.1) is 11.3 Å². The molecule has 1 rings (SSSR count). The predicted octanol–water partition coefficient (Wildman–Crippen LogP) is 2.09. The maximum absolute atomic E-state index is 12.1. The van der Waals surface area contributed by atoms with Crippen LogP contribution in [-0.2, 0) is 11.3 Å². The summed E-state index contributed by atoms with van der Waals surface area (Å²) in [5, 5.41) is 11.7. The highest BCUT2D eigenvalue weighted by atomic mass is 32.1. The minimum Gasteiger partial charge on any atom is -0.480 e. The van der Waals surface area contributed by atoms with Gasteiger partial charge in [0.05, 0.1) is 17.7 Å². The number of carboxylic acids is 1. The number of rotatable bonds is 6. The Hall–Kier alpha value is -1.63. The SMILES string of the molecule is CCC(C)C(NC(=O)N(C)Cc1scnc1C)C(=O)O. The van der Waals surface area contributed by atoms with Crippen molar-refractivity contribution in [3.05, 3.63) is 16.1 Å². The second-order valence-corrected chi connectivity index (χ2v) is 5.81. The minimum atomic E-state index is -1.00. The molecule has 1 aromatic rings. The number of urea groups is 1. The van der Waals surface area contributed by atoms with E-state index in [2.05, 4.69) is 10.3 Å². The first-order chi connectivity index (χ1) is 9.36. The Morgan fingerprint density at radius 2 is 2.20 bits per heavy atom. The zero-order valence-electron chi connectivity index (χ0n) is 12.2. The first kappa shape index (κ1) is 16.4. The number of nitrogens with one attached hydrogen (secondary N) is 1. The fraction of sp³-hybridized carbons (Fsp3) is 0.615. The van der Waals surface area contributed by atoms with Crippen LogP contribution in [0, 0.1) is 12.8 Å². The van der Waals surface area contributed by atoms with Gasteiger partial charge in [-0.2, -0.15) is 0 Å². The summed E-state index contributed by atoms with van der Waals surface area (Å²) in [4.78, 5) is 29.8. The number of carbonyl (C=O) groups is 2. The van der Waals surface area contributed by atoms with E-state index >= 15 is 0 Å². The molecule has 0 fully saturated rings. The highest BCUT2D eigenvalue weighted by Gasteiger charge is 2.26. The van der Waals surface area contributed by atoms with Crippen molar-refractivity contribution in [1.29, 1.82) is 0 Å². The molecular weight excluding hydrogens is 278 g/mol. The molecule has 112 valence electrons. The molecule has 6 nitrogen and oxygen atoms in total. The summed E-state index contributed by atoms with van der Waals surface area (Å²) in [5.74, 6) is -1.12. The number of aryl methyl sites for hydroxylation is 1. The van der Waals surface area contributed by atoms with Crippen molar-refractivity contribution in [2.45, 2.75) is 39.8 Å². The molecule has 0 saturated carbocycles. The first-order valence-corrected chi connectivity index (χ1v) is 7.38. The van der Waals surface area contributed by atoms with Crippen molar-refractivity contribution in [3.8, 4) is 0 Å². The molecule has 2 N–H and O–H groups in total. The molecule has 1 aromatic heterocycles. The number of amides is 2. The summed E-state index contributed by atoms with van der Waals surface area (Å²) in [7, 11) is 1.64. The summed E-state index contributed by atoms with van der Waals surface area (Å²) in [6, 6.07) is -1.25. The maximum Gasteiger partial charge on any atom is 0.326 e. The number of hydrogen-bond donors (Lipinski definition) is 2. The normalized spacial score (nSPS) is 13.6. The Kier molecular flexibility index (Phi) is 5.94. The van der Waals surface area contributed by atoms with Gasteiger partial charge < -0.3 is 15.3 Å². The Morgan fingerprint density at radius 3 is 2.65 bits per heavy atom. The van der Waals surface area contributed by atoms with E-state index in [-0.39, 0.29) is 11.9 Å². The van der Waals surface area contributed by atoms with Crippen molar-refractivity contribution >= 4 is 23.3 Å². The second-order valence-electron chi connectivity index (χ2n) is 4.87. The summed E-state index contributed by atoms with van der Waals surface area (Å²) >= 11 is 1.48. The van der Waals surface area contributed by atoms with Crippen molar-refractivity contribution in [1.82, 2.24) is 15.2 Å². The standard InChI is InChI=1S/C13H21N3O3S/c1-5-8(2)11(12(17)18)15-13(19)16(4)6-10-9(3)14-7-20-10/h7-8,11H,5-6H2,1-4H3,(H,15,19)(H,17,18). The van der Waals surface area contributed by atoms with E-state index in [0.717, 1.165) is 10.6 Å². The van der Waals surface area contributed by atoms with Crippen LogP contribution >= 0.6 is 11.3 Å². The van der Waals surface area contributed by atoms with Crippen LogP contribution in [0.1, 0.15) is 30.8 Å². The molecule has 20 heavy (non-hydrogen) atoms. The molecule has 0 aliphatic rings. The van der Waals surface area contributed by atoms with Gasteiger partial charge in [-0.1, -0.05) is 20.3 Å².